The number of hydrogen-bond donors (Lipinski definition) is 2. The van der Waals surface area contributed by atoms with Gasteiger partial charge in [-0.2, -0.15) is 0 Å². The van der Waals surface area contributed by atoms with Crippen LogP contribution >= 0.6 is 11.6 Å². The number of nitrogens with one attached hydrogen (secondary N) is 1. The molecule has 6 heteroatoms. The van der Waals surface area contributed by atoms with Crippen LogP contribution in [0.5, 0.6) is 0 Å². The molecule has 1 aromatic carbocycles. The van der Waals surface area contributed by atoms with E-state index in [1.165, 1.54) is 0 Å². The van der Waals surface area contributed by atoms with E-state index in [0.717, 1.165) is 11.0 Å². The summed E-state index contributed by atoms with van der Waals surface area (Å²) in [6, 6.07) is 5.48. The fourth-order valence-corrected chi connectivity index (χ4v) is 2.53. The van der Waals surface area contributed by atoms with Crippen molar-refractivity contribution in [2.45, 2.75) is 12.5 Å². The second kappa shape index (κ2) is 3.63. The monoisotopic (exact) mass is 250 g/mol. The molecule has 0 bridgehead atoms. The quantitative estimate of drug-likeness (QED) is 0.802. The van der Waals surface area contributed by atoms with Crippen molar-refractivity contribution in [3.63, 3.8) is 0 Å². The van der Waals surface area contributed by atoms with Crippen LogP contribution in [0.2, 0.25) is 5.02 Å². The highest BCUT2D eigenvalue weighted by molar-refractivity contribution is 6.35. The zero-order valence-electron chi connectivity index (χ0n) is 8.98. The molecule has 0 aliphatic carbocycles. The van der Waals surface area contributed by atoms with E-state index in [-0.39, 0.29) is 11.9 Å². The lowest BCUT2D eigenvalue weighted by atomic mass is 10.2. The summed E-state index contributed by atoms with van der Waals surface area (Å²) in [6.07, 6.45) is 0.418. The first-order chi connectivity index (χ1) is 8.16. The van der Waals surface area contributed by atoms with Gasteiger partial charge in [0, 0.05) is 13.0 Å². The average molecular weight is 251 g/mol. The molecule has 1 unspecified atom stereocenters. The van der Waals surface area contributed by atoms with E-state index in [1.807, 2.05) is 16.7 Å². The molecule has 17 heavy (non-hydrogen) atoms. The SMILES string of the molecule is Nc1nc2cccc(Cl)c2n1C1CNC(=O)C1. The summed E-state index contributed by atoms with van der Waals surface area (Å²) in [7, 11) is 0. The molecule has 88 valence electrons. The molecule has 0 spiro atoms. The van der Waals surface area contributed by atoms with Gasteiger partial charge in [0.1, 0.15) is 0 Å². The highest BCUT2D eigenvalue weighted by Gasteiger charge is 2.26. The zero-order chi connectivity index (χ0) is 12.0. The van der Waals surface area contributed by atoms with Gasteiger partial charge in [-0.05, 0) is 12.1 Å². The maximum Gasteiger partial charge on any atom is 0.222 e. The van der Waals surface area contributed by atoms with Gasteiger partial charge in [-0.15, -0.1) is 0 Å². The Morgan fingerprint density at radius 3 is 3.06 bits per heavy atom. The number of hydrogen-bond acceptors (Lipinski definition) is 3. The first-order valence-corrected chi connectivity index (χ1v) is 5.73. The molecule has 1 aromatic heterocycles. The van der Waals surface area contributed by atoms with Crippen LogP contribution in [0, 0.1) is 0 Å². The third kappa shape index (κ3) is 1.54. The zero-order valence-corrected chi connectivity index (χ0v) is 9.74. The van der Waals surface area contributed by atoms with Crippen LogP contribution in [0.1, 0.15) is 12.5 Å². The van der Waals surface area contributed by atoms with E-state index in [4.69, 9.17) is 17.3 Å². The smallest absolute Gasteiger partial charge is 0.222 e. The summed E-state index contributed by atoms with van der Waals surface area (Å²) in [5.41, 5.74) is 7.46. The van der Waals surface area contributed by atoms with Gasteiger partial charge >= 0.3 is 0 Å². The van der Waals surface area contributed by atoms with Crippen LogP contribution in [0.25, 0.3) is 11.0 Å². The third-order valence-corrected chi connectivity index (χ3v) is 3.31. The fourth-order valence-electron chi connectivity index (χ4n) is 2.27. The molecule has 1 aliphatic heterocycles. The lowest BCUT2D eigenvalue weighted by Gasteiger charge is -2.13. The number of para-hydroxylation sites is 1. The maximum absolute atomic E-state index is 11.3. The number of halogens is 1. The molecule has 1 fully saturated rings. The number of nitrogen functional groups attached to an aromatic ring is 1. The van der Waals surface area contributed by atoms with Crippen LogP contribution in [0.4, 0.5) is 5.95 Å². The molecule has 0 saturated carbocycles. The van der Waals surface area contributed by atoms with E-state index in [9.17, 15) is 4.79 Å². The second-order valence-electron chi connectivity index (χ2n) is 4.11. The van der Waals surface area contributed by atoms with E-state index in [0.29, 0.717) is 23.9 Å². The molecule has 1 atom stereocenters. The van der Waals surface area contributed by atoms with Gasteiger partial charge in [0.05, 0.1) is 22.1 Å². The fraction of sp³-hybridized carbons (Fsp3) is 0.273. The van der Waals surface area contributed by atoms with Gasteiger partial charge in [0.25, 0.3) is 0 Å². The number of nitrogens with two attached hydrogens (primary N) is 1. The molecule has 3 N–H and O–H groups in total. The maximum atomic E-state index is 11.3. The molecule has 1 saturated heterocycles. The van der Waals surface area contributed by atoms with Crippen molar-refractivity contribution >= 4 is 34.5 Å². The molecule has 1 aliphatic rings. The standard InChI is InChI=1S/C11H11ClN4O/c12-7-2-1-3-8-10(7)16(11(13)15-8)6-4-9(17)14-5-6/h1-3,6H,4-5H2,(H2,13,15)(H,14,17). The Hall–Kier alpha value is -1.75. The number of fused-ring (bicyclic) bond motifs is 1. The minimum Gasteiger partial charge on any atom is -0.369 e. The van der Waals surface area contributed by atoms with Gasteiger partial charge < -0.3 is 15.6 Å². The van der Waals surface area contributed by atoms with Crippen molar-refractivity contribution in [2.75, 3.05) is 12.3 Å². The summed E-state index contributed by atoms with van der Waals surface area (Å²) in [6.45, 7) is 0.569. The van der Waals surface area contributed by atoms with Crippen molar-refractivity contribution in [3.05, 3.63) is 23.2 Å². The minimum atomic E-state index is -0.00704. The molecule has 0 radical (unpaired) electrons. The molecular weight excluding hydrogens is 240 g/mol. The average Bonchev–Trinajstić information content (AvgIpc) is 2.82. The summed E-state index contributed by atoms with van der Waals surface area (Å²) in [4.78, 5) is 15.5. The normalized spacial score (nSPS) is 19.8. The Morgan fingerprint density at radius 2 is 2.35 bits per heavy atom. The van der Waals surface area contributed by atoms with Crippen LogP contribution in [0.15, 0.2) is 18.2 Å². The number of carbonyl (C=O) groups excluding carboxylic acids is 1. The van der Waals surface area contributed by atoms with Gasteiger partial charge in [-0.1, -0.05) is 17.7 Å². The largest absolute Gasteiger partial charge is 0.369 e. The summed E-state index contributed by atoms with van der Waals surface area (Å²) < 4.78 is 1.84. The first-order valence-electron chi connectivity index (χ1n) is 5.35. The van der Waals surface area contributed by atoms with Gasteiger partial charge in [-0.3, -0.25) is 4.79 Å². The van der Waals surface area contributed by atoms with Crippen molar-refractivity contribution in [3.8, 4) is 0 Å². The molecule has 2 heterocycles. The number of rotatable bonds is 1. The Labute approximate surface area is 103 Å². The van der Waals surface area contributed by atoms with Crippen molar-refractivity contribution < 1.29 is 4.79 Å². The lowest BCUT2D eigenvalue weighted by molar-refractivity contribution is -0.119. The van der Waals surface area contributed by atoms with Crippen molar-refractivity contribution in [2.24, 2.45) is 0 Å². The highest BCUT2D eigenvalue weighted by Crippen LogP contribution is 2.31. The van der Waals surface area contributed by atoms with E-state index < -0.39 is 0 Å². The number of benzene rings is 1. The van der Waals surface area contributed by atoms with Crippen LogP contribution in [-0.2, 0) is 4.79 Å². The lowest BCUT2D eigenvalue weighted by Crippen LogP contribution is -2.16. The Balaban J connectivity index is 2.21. The van der Waals surface area contributed by atoms with Crippen LogP contribution in [-0.4, -0.2) is 22.0 Å². The van der Waals surface area contributed by atoms with E-state index in [1.54, 1.807) is 6.07 Å². The Bertz CT molecular complexity index is 607. The number of amides is 1. The third-order valence-electron chi connectivity index (χ3n) is 3.01. The number of imidazole rings is 1. The second-order valence-corrected chi connectivity index (χ2v) is 4.52. The van der Waals surface area contributed by atoms with E-state index >= 15 is 0 Å². The Kier molecular flexibility index (Phi) is 2.22. The number of anilines is 1. The predicted molar refractivity (Wildman–Crippen MR) is 65.8 cm³/mol. The van der Waals surface area contributed by atoms with Crippen LogP contribution in [0.3, 0.4) is 0 Å². The number of carbonyl (C=O) groups is 1. The van der Waals surface area contributed by atoms with Gasteiger partial charge in [0.15, 0.2) is 0 Å². The summed E-state index contributed by atoms with van der Waals surface area (Å²) in [5.74, 6) is 0.429. The number of nitrogens with zero attached hydrogens (tertiary/aromatic N) is 2. The Morgan fingerprint density at radius 1 is 1.53 bits per heavy atom. The van der Waals surface area contributed by atoms with Gasteiger partial charge in [-0.25, -0.2) is 4.98 Å². The predicted octanol–water partition coefficient (Wildman–Crippen LogP) is 1.33. The topological polar surface area (TPSA) is 72.9 Å². The number of aromatic nitrogens is 2. The molecular formula is C11H11ClN4O. The first kappa shape index (κ1) is 10.4. The van der Waals surface area contributed by atoms with Crippen molar-refractivity contribution in [1.82, 2.24) is 14.9 Å². The van der Waals surface area contributed by atoms with Crippen molar-refractivity contribution in [1.29, 1.82) is 0 Å². The van der Waals surface area contributed by atoms with Crippen LogP contribution < -0.4 is 11.1 Å². The molecule has 1 amide bonds. The van der Waals surface area contributed by atoms with E-state index in [2.05, 4.69) is 10.3 Å². The summed E-state index contributed by atoms with van der Waals surface area (Å²) >= 11 is 6.17. The molecule has 3 rings (SSSR count). The van der Waals surface area contributed by atoms with Gasteiger partial charge in [0.2, 0.25) is 11.9 Å². The molecule has 5 nitrogen and oxygen atoms in total. The summed E-state index contributed by atoms with van der Waals surface area (Å²) in [5, 5.41) is 3.39. The minimum absolute atomic E-state index is 0.00704. The molecule has 2 aromatic rings. The highest BCUT2D eigenvalue weighted by atomic mass is 35.5.